The van der Waals surface area contributed by atoms with Crippen LogP contribution in [0.3, 0.4) is 0 Å². The van der Waals surface area contributed by atoms with Crippen LogP contribution in [0.25, 0.3) is 0 Å². The Labute approximate surface area is 82.9 Å². The Morgan fingerprint density at radius 3 is 2.64 bits per heavy atom. The molecule has 2 fully saturated rings. The number of hydrogen-bond acceptors (Lipinski definition) is 2. The molecule has 2 atom stereocenters. The van der Waals surface area contributed by atoms with E-state index in [0.29, 0.717) is 0 Å². The van der Waals surface area contributed by atoms with Crippen LogP contribution in [-0.4, -0.2) is 12.1 Å². The van der Waals surface area contributed by atoms with E-state index in [1.54, 1.807) is 0 Å². The maximum atomic E-state index is 11.7. The van der Waals surface area contributed by atoms with Gasteiger partial charge in [0, 0.05) is 6.42 Å². The fourth-order valence-corrected chi connectivity index (χ4v) is 2.69. The zero-order chi connectivity index (χ0) is 9.60. The molecule has 1 aromatic rings. The maximum Gasteiger partial charge on any atom is 0.316 e. The molecule has 2 heteroatoms. The Morgan fingerprint density at radius 1 is 1.29 bits per heavy atom. The van der Waals surface area contributed by atoms with E-state index in [-0.39, 0.29) is 17.5 Å². The molecule has 1 aromatic carbocycles. The maximum absolute atomic E-state index is 11.7. The van der Waals surface area contributed by atoms with E-state index in [4.69, 9.17) is 4.74 Å². The highest BCUT2D eigenvalue weighted by molar-refractivity contribution is 5.86. The molecule has 2 aliphatic rings. The standard InChI is InChI=1S/C12H12O2/c13-11-12(7-6-10(8-12)14-11)9-4-2-1-3-5-9/h1-5,10H,6-8H2/t10-,12+/m0/s1. The Bertz CT molecular complexity index is 371. The van der Waals surface area contributed by atoms with Gasteiger partial charge in [-0.3, -0.25) is 4.79 Å². The van der Waals surface area contributed by atoms with Crippen LogP contribution in [0, 0.1) is 0 Å². The lowest BCUT2D eigenvalue weighted by atomic mass is 9.80. The first-order valence-corrected chi connectivity index (χ1v) is 5.08. The molecule has 1 aliphatic carbocycles. The summed E-state index contributed by atoms with van der Waals surface area (Å²) < 4.78 is 5.28. The summed E-state index contributed by atoms with van der Waals surface area (Å²) in [6, 6.07) is 10.0. The molecule has 0 radical (unpaired) electrons. The van der Waals surface area contributed by atoms with Gasteiger partial charge in [-0.1, -0.05) is 30.3 Å². The van der Waals surface area contributed by atoms with E-state index >= 15 is 0 Å². The van der Waals surface area contributed by atoms with Crippen molar-refractivity contribution in [3.8, 4) is 0 Å². The third-order valence-electron chi connectivity index (χ3n) is 3.46. The normalized spacial score (nSPS) is 34.6. The van der Waals surface area contributed by atoms with Crippen molar-refractivity contribution in [3.63, 3.8) is 0 Å². The van der Waals surface area contributed by atoms with Gasteiger partial charge in [0.15, 0.2) is 0 Å². The summed E-state index contributed by atoms with van der Waals surface area (Å²) in [6.07, 6.45) is 3.06. The van der Waals surface area contributed by atoms with Crippen molar-refractivity contribution in [2.24, 2.45) is 0 Å². The molecular weight excluding hydrogens is 176 g/mol. The summed E-state index contributed by atoms with van der Waals surface area (Å²) in [5.74, 6) is -0.0139. The molecule has 0 N–H and O–H groups in total. The van der Waals surface area contributed by atoms with Crippen LogP contribution in [0.5, 0.6) is 0 Å². The van der Waals surface area contributed by atoms with E-state index in [9.17, 15) is 4.79 Å². The number of ether oxygens (including phenoxy) is 1. The second kappa shape index (κ2) is 2.59. The average molecular weight is 188 g/mol. The van der Waals surface area contributed by atoms with E-state index in [2.05, 4.69) is 0 Å². The van der Waals surface area contributed by atoms with Gasteiger partial charge in [0.2, 0.25) is 0 Å². The van der Waals surface area contributed by atoms with E-state index < -0.39 is 0 Å². The van der Waals surface area contributed by atoms with Gasteiger partial charge in [-0.2, -0.15) is 0 Å². The minimum absolute atomic E-state index is 0.0139. The van der Waals surface area contributed by atoms with Gasteiger partial charge in [-0.05, 0) is 18.4 Å². The summed E-state index contributed by atoms with van der Waals surface area (Å²) in [6.45, 7) is 0. The van der Waals surface area contributed by atoms with Crippen molar-refractivity contribution in [3.05, 3.63) is 35.9 Å². The molecule has 0 amide bonds. The molecule has 1 saturated heterocycles. The summed E-state index contributed by atoms with van der Waals surface area (Å²) in [4.78, 5) is 11.7. The average Bonchev–Trinajstić information content (AvgIpc) is 2.77. The van der Waals surface area contributed by atoms with Crippen molar-refractivity contribution in [2.45, 2.75) is 30.8 Å². The Hall–Kier alpha value is -1.31. The molecule has 0 spiro atoms. The van der Waals surface area contributed by atoms with Crippen molar-refractivity contribution in [1.82, 2.24) is 0 Å². The molecule has 1 saturated carbocycles. The van der Waals surface area contributed by atoms with Gasteiger partial charge >= 0.3 is 5.97 Å². The van der Waals surface area contributed by atoms with Crippen molar-refractivity contribution >= 4 is 5.97 Å². The zero-order valence-electron chi connectivity index (χ0n) is 7.90. The molecule has 2 bridgehead atoms. The fraction of sp³-hybridized carbons (Fsp3) is 0.417. The summed E-state index contributed by atoms with van der Waals surface area (Å²) in [5.41, 5.74) is 0.830. The monoisotopic (exact) mass is 188 g/mol. The van der Waals surface area contributed by atoms with Crippen molar-refractivity contribution < 1.29 is 9.53 Å². The molecule has 1 aliphatic heterocycles. The largest absolute Gasteiger partial charge is 0.462 e. The Kier molecular flexibility index (Phi) is 1.49. The van der Waals surface area contributed by atoms with Gasteiger partial charge in [-0.25, -0.2) is 0 Å². The lowest BCUT2D eigenvalue weighted by molar-refractivity contribution is -0.149. The van der Waals surface area contributed by atoms with Crippen LogP contribution in [0.1, 0.15) is 24.8 Å². The quantitative estimate of drug-likeness (QED) is 0.630. The Balaban J connectivity index is 2.08. The second-order valence-electron chi connectivity index (χ2n) is 4.22. The van der Waals surface area contributed by atoms with E-state index in [0.717, 1.165) is 24.8 Å². The molecule has 0 unspecified atom stereocenters. The molecule has 0 aromatic heterocycles. The molecule has 3 rings (SSSR count). The molecule has 14 heavy (non-hydrogen) atoms. The Morgan fingerprint density at radius 2 is 2.07 bits per heavy atom. The highest BCUT2D eigenvalue weighted by Gasteiger charge is 2.55. The predicted octanol–water partition coefficient (Wildman–Crippen LogP) is 2.03. The van der Waals surface area contributed by atoms with Gasteiger partial charge in [0.25, 0.3) is 0 Å². The highest BCUT2D eigenvalue weighted by Crippen LogP contribution is 2.48. The van der Waals surface area contributed by atoms with Crippen LogP contribution in [0.15, 0.2) is 30.3 Å². The SMILES string of the molecule is O=C1O[C@H]2CC[C@]1(c1ccccc1)C2. The zero-order valence-corrected chi connectivity index (χ0v) is 7.90. The summed E-state index contributed by atoms with van der Waals surface area (Å²) >= 11 is 0. The smallest absolute Gasteiger partial charge is 0.316 e. The fourth-order valence-electron chi connectivity index (χ4n) is 2.69. The number of fused-ring (bicyclic) bond motifs is 2. The first kappa shape index (κ1) is 8.04. The second-order valence-corrected chi connectivity index (χ2v) is 4.22. The van der Waals surface area contributed by atoms with Gasteiger partial charge in [0.1, 0.15) is 6.10 Å². The number of benzene rings is 1. The van der Waals surface area contributed by atoms with E-state index in [1.807, 2.05) is 30.3 Å². The van der Waals surface area contributed by atoms with Crippen LogP contribution >= 0.6 is 0 Å². The van der Waals surface area contributed by atoms with Crippen LogP contribution in [-0.2, 0) is 14.9 Å². The summed E-state index contributed by atoms with van der Waals surface area (Å²) in [5, 5.41) is 0. The van der Waals surface area contributed by atoms with Crippen LogP contribution < -0.4 is 0 Å². The van der Waals surface area contributed by atoms with Crippen molar-refractivity contribution in [1.29, 1.82) is 0 Å². The first-order chi connectivity index (χ1) is 6.81. The first-order valence-electron chi connectivity index (χ1n) is 5.08. The van der Waals surface area contributed by atoms with Gasteiger partial charge in [-0.15, -0.1) is 0 Å². The number of hydrogen-bond donors (Lipinski definition) is 0. The topological polar surface area (TPSA) is 26.3 Å². The third-order valence-corrected chi connectivity index (χ3v) is 3.46. The molecule has 1 heterocycles. The number of esters is 1. The highest BCUT2D eigenvalue weighted by atomic mass is 16.6. The number of rotatable bonds is 1. The number of carbonyl (C=O) groups excluding carboxylic acids is 1. The molecule has 72 valence electrons. The summed E-state index contributed by atoms with van der Waals surface area (Å²) in [7, 11) is 0. The van der Waals surface area contributed by atoms with Gasteiger partial charge < -0.3 is 4.74 Å². The van der Waals surface area contributed by atoms with Gasteiger partial charge in [0.05, 0.1) is 5.41 Å². The minimum atomic E-state index is -0.300. The predicted molar refractivity (Wildman–Crippen MR) is 51.9 cm³/mol. The van der Waals surface area contributed by atoms with Crippen molar-refractivity contribution in [2.75, 3.05) is 0 Å². The van der Waals surface area contributed by atoms with Crippen LogP contribution in [0.2, 0.25) is 0 Å². The molecular formula is C12H12O2. The number of carbonyl (C=O) groups is 1. The minimum Gasteiger partial charge on any atom is -0.462 e. The lowest BCUT2D eigenvalue weighted by Gasteiger charge is -2.23. The van der Waals surface area contributed by atoms with Crippen LogP contribution in [0.4, 0.5) is 0 Å². The lowest BCUT2D eigenvalue weighted by Crippen LogP contribution is -2.31. The van der Waals surface area contributed by atoms with E-state index in [1.165, 1.54) is 0 Å². The third kappa shape index (κ3) is 0.884. The molecule has 2 nitrogen and oxygen atoms in total.